The van der Waals surface area contributed by atoms with Crippen molar-refractivity contribution >= 4 is 5.91 Å². The van der Waals surface area contributed by atoms with Crippen molar-refractivity contribution in [2.45, 2.75) is 6.54 Å². The van der Waals surface area contributed by atoms with Gasteiger partial charge in [-0.2, -0.15) is 0 Å². The largest absolute Gasteiger partial charge is 0.496 e. The molecule has 5 heteroatoms. The highest BCUT2D eigenvalue weighted by Crippen LogP contribution is 2.30. The predicted octanol–water partition coefficient (Wildman–Crippen LogP) is 2.64. The fourth-order valence-corrected chi connectivity index (χ4v) is 2.20. The van der Waals surface area contributed by atoms with Gasteiger partial charge in [-0.05, 0) is 18.2 Å². The molecule has 5 nitrogen and oxygen atoms in total. The molecular weight excluding hydrogens is 282 g/mol. The number of para-hydroxylation sites is 2. The molecule has 0 heterocycles. The summed E-state index contributed by atoms with van der Waals surface area (Å²) in [6.07, 6.45) is 0. The minimum Gasteiger partial charge on any atom is -0.496 e. The lowest BCUT2D eigenvalue weighted by Crippen LogP contribution is -2.23. The second-order valence-corrected chi connectivity index (χ2v) is 4.54. The Labute approximate surface area is 129 Å². The van der Waals surface area contributed by atoms with Gasteiger partial charge in [-0.3, -0.25) is 4.79 Å². The van der Waals surface area contributed by atoms with Crippen LogP contribution < -0.4 is 19.5 Å². The summed E-state index contributed by atoms with van der Waals surface area (Å²) in [7, 11) is 4.69. The third kappa shape index (κ3) is 3.31. The summed E-state index contributed by atoms with van der Waals surface area (Å²) in [5, 5.41) is 2.86. The molecule has 2 rings (SSSR count). The van der Waals surface area contributed by atoms with Crippen molar-refractivity contribution in [3.05, 3.63) is 53.6 Å². The van der Waals surface area contributed by atoms with Crippen molar-refractivity contribution in [3.8, 4) is 17.2 Å². The number of carbonyl (C=O) groups excluding carboxylic acids is 1. The first-order valence-corrected chi connectivity index (χ1v) is 6.82. The Bertz CT molecular complexity index is 655. The average molecular weight is 301 g/mol. The smallest absolute Gasteiger partial charge is 0.255 e. The number of nitrogens with one attached hydrogen (secondary N) is 1. The van der Waals surface area contributed by atoms with Gasteiger partial charge in [-0.25, -0.2) is 0 Å². The van der Waals surface area contributed by atoms with Gasteiger partial charge in [-0.15, -0.1) is 0 Å². The van der Waals surface area contributed by atoms with Gasteiger partial charge >= 0.3 is 0 Å². The number of hydrogen-bond donors (Lipinski definition) is 1. The van der Waals surface area contributed by atoms with Gasteiger partial charge in [0.15, 0.2) is 11.5 Å². The van der Waals surface area contributed by atoms with Crippen LogP contribution in [-0.2, 0) is 6.54 Å². The number of rotatable bonds is 6. The molecule has 0 fully saturated rings. The Kier molecular flexibility index (Phi) is 5.25. The zero-order valence-corrected chi connectivity index (χ0v) is 12.9. The zero-order valence-electron chi connectivity index (χ0n) is 12.9. The van der Waals surface area contributed by atoms with Crippen LogP contribution in [0.15, 0.2) is 42.5 Å². The molecule has 0 saturated carbocycles. The average Bonchev–Trinajstić information content (AvgIpc) is 2.58. The van der Waals surface area contributed by atoms with Crippen LogP contribution in [0, 0.1) is 0 Å². The fraction of sp³-hybridized carbons (Fsp3) is 0.235. The van der Waals surface area contributed by atoms with Gasteiger partial charge < -0.3 is 19.5 Å². The van der Waals surface area contributed by atoms with Crippen LogP contribution >= 0.6 is 0 Å². The SMILES string of the molecule is COc1ccccc1C(=O)NCc1cccc(OC)c1OC. The summed E-state index contributed by atoms with van der Waals surface area (Å²) in [5.41, 5.74) is 1.33. The van der Waals surface area contributed by atoms with E-state index in [1.54, 1.807) is 32.4 Å². The van der Waals surface area contributed by atoms with Crippen LogP contribution in [0.4, 0.5) is 0 Å². The van der Waals surface area contributed by atoms with Crippen LogP contribution in [0.2, 0.25) is 0 Å². The first-order valence-electron chi connectivity index (χ1n) is 6.82. The summed E-state index contributed by atoms with van der Waals surface area (Å²) in [6.45, 7) is 0.331. The zero-order chi connectivity index (χ0) is 15.9. The molecule has 0 unspecified atom stereocenters. The molecule has 22 heavy (non-hydrogen) atoms. The first-order chi connectivity index (χ1) is 10.7. The van der Waals surface area contributed by atoms with E-state index >= 15 is 0 Å². The Morgan fingerprint density at radius 3 is 2.27 bits per heavy atom. The number of hydrogen-bond acceptors (Lipinski definition) is 4. The molecule has 0 aromatic heterocycles. The highest BCUT2D eigenvalue weighted by atomic mass is 16.5. The predicted molar refractivity (Wildman–Crippen MR) is 83.7 cm³/mol. The summed E-state index contributed by atoms with van der Waals surface area (Å²) in [6, 6.07) is 12.6. The van der Waals surface area contributed by atoms with Crippen LogP contribution in [0.3, 0.4) is 0 Å². The summed E-state index contributed by atoms with van der Waals surface area (Å²) in [5.74, 6) is 1.58. The van der Waals surface area contributed by atoms with Gasteiger partial charge in [0, 0.05) is 12.1 Å². The number of methoxy groups -OCH3 is 3. The van der Waals surface area contributed by atoms with Crippen molar-refractivity contribution in [3.63, 3.8) is 0 Å². The van der Waals surface area contributed by atoms with Crippen molar-refractivity contribution in [1.29, 1.82) is 0 Å². The Balaban J connectivity index is 2.15. The maximum Gasteiger partial charge on any atom is 0.255 e. The van der Waals surface area contributed by atoms with E-state index < -0.39 is 0 Å². The summed E-state index contributed by atoms with van der Waals surface area (Å²) in [4.78, 5) is 12.3. The number of benzene rings is 2. The van der Waals surface area contributed by atoms with Crippen LogP contribution in [0.5, 0.6) is 17.2 Å². The van der Waals surface area contributed by atoms with Gasteiger partial charge in [0.25, 0.3) is 5.91 Å². The van der Waals surface area contributed by atoms with Crippen molar-refractivity contribution in [1.82, 2.24) is 5.32 Å². The summed E-state index contributed by atoms with van der Waals surface area (Å²) < 4.78 is 15.8. The summed E-state index contributed by atoms with van der Waals surface area (Å²) >= 11 is 0. The molecule has 116 valence electrons. The quantitative estimate of drug-likeness (QED) is 0.891. The van der Waals surface area contributed by atoms with E-state index in [1.807, 2.05) is 24.3 Å². The normalized spacial score (nSPS) is 9.95. The minimum absolute atomic E-state index is 0.206. The van der Waals surface area contributed by atoms with Gasteiger partial charge in [0.05, 0.1) is 26.9 Å². The third-order valence-corrected chi connectivity index (χ3v) is 3.28. The first kappa shape index (κ1) is 15.7. The topological polar surface area (TPSA) is 56.8 Å². The van der Waals surface area contributed by atoms with Crippen LogP contribution in [-0.4, -0.2) is 27.2 Å². The third-order valence-electron chi connectivity index (χ3n) is 3.28. The minimum atomic E-state index is -0.206. The van der Waals surface area contributed by atoms with E-state index in [1.165, 1.54) is 7.11 Å². The lowest BCUT2D eigenvalue weighted by molar-refractivity contribution is 0.0947. The van der Waals surface area contributed by atoms with E-state index in [-0.39, 0.29) is 5.91 Å². The fourth-order valence-electron chi connectivity index (χ4n) is 2.20. The number of amides is 1. The van der Waals surface area contributed by atoms with Gasteiger partial charge in [0.2, 0.25) is 0 Å². The van der Waals surface area contributed by atoms with Crippen molar-refractivity contribution in [2.75, 3.05) is 21.3 Å². The molecule has 0 bridgehead atoms. The molecular formula is C17H19NO4. The lowest BCUT2D eigenvalue weighted by atomic mass is 10.1. The number of carbonyl (C=O) groups is 1. The van der Waals surface area contributed by atoms with Crippen LogP contribution in [0.1, 0.15) is 15.9 Å². The molecule has 2 aromatic carbocycles. The second kappa shape index (κ2) is 7.36. The molecule has 1 N–H and O–H groups in total. The highest BCUT2D eigenvalue weighted by molar-refractivity contribution is 5.96. The standard InChI is InChI=1S/C17H19NO4/c1-20-14-9-5-4-8-13(14)17(19)18-11-12-7-6-10-15(21-2)16(12)22-3/h4-10H,11H2,1-3H3,(H,18,19). The molecule has 1 amide bonds. The molecule has 0 aliphatic rings. The van der Waals surface area contributed by atoms with E-state index in [4.69, 9.17) is 14.2 Å². The van der Waals surface area contributed by atoms with E-state index in [2.05, 4.69) is 5.32 Å². The van der Waals surface area contributed by atoms with Crippen molar-refractivity contribution < 1.29 is 19.0 Å². The molecule has 0 spiro atoms. The van der Waals surface area contributed by atoms with Gasteiger partial charge in [0.1, 0.15) is 5.75 Å². The molecule has 0 aliphatic carbocycles. The molecule has 0 saturated heterocycles. The van der Waals surface area contributed by atoms with Crippen molar-refractivity contribution in [2.24, 2.45) is 0 Å². The monoisotopic (exact) mass is 301 g/mol. The molecule has 0 radical (unpaired) electrons. The Hall–Kier alpha value is -2.69. The highest BCUT2D eigenvalue weighted by Gasteiger charge is 2.13. The second-order valence-electron chi connectivity index (χ2n) is 4.54. The van der Waals surface area contributed by atoms with E-state index in [9.17, 15) is 4.79 Å². The molecule has 0 aliphatic heterocycles. The molecule has 2 aromatic rings. The molecule has 0 atom stereocenters. The lowest BCUT2D eigenvalue weighted by Gasteiger charge is -2.13. The maximum atomic E-state index is 12.3. The van der Waals surface area contributed by atoms with E-state index in [0.29, 0.717) is 29.4 Å². The maximum absolute atomic E-state index is 12.3. The Morgan fingerprint density at radius 1 is 0.909 bits per heavy atom. The Morgan fingerprint density at radius 2 is 1.59 bits per heavy atom. The van der Waals surface area contributed by atoms with Crippen LogP contribution in [0.25, 0.3) is 0 Å². The number of ether oxygens (including phenoxy) is 3. The van der Waals surface area contributed by atoms with Gasteiger partial charge in [-0.1, -0.05) is 24.3 Å². The van der Waals surface area contributed by atoms with E-state index in [0.717, 1.165) is 5.56 Å².